The molecule has 1 atom stereocenters. The highest BCUT2D eigenvalue weighted by molar-refractivity contribution is 5.24. The van der Waals surface area contributed by atoms with Gasteiger partial charge >= 0.3 is 0 Å². The zero-order chi connectivity index (χ0) is 11.3. The van der Waals surface area contributed by atoms with Gasteiger partial charge < -0.3 is 0 Å². The minimum Gasteiger partial charge on any atom is -0.0958 e. The molecule has 0 spiro atoms. The maximum absolute atomic E-state index is 4.07. The summed E-state index contributed by atoms with van der Waals surface area (Å²) in [4.78, 5) is 0. The molecule has 15 heavy (non-hydrogen) atoms. The molecule has 0 aliphatic heterocycles. The molecule has 0 aromatic carbocycles. The third kappa shape index (κ3) is 4.33. The summed E-state index contributed by atoms with van der Waals surface area (Å²) in [5.74, 6) is 1.18. The normalized spacial score (nSPS) is 23.1. The van der Waals surface area contributed by atoms with E-state index in [0.717, 1.165) is 12.8 Å². The molecule has 0 aromatic heterocycles. The van der Waals surface area contributed by atoms with E-state index in [9.17, 15) is 0 Å². The summed E-state index contributed by atoms with van der Waals surface area (Å²) in [7, 11) is 0. The first-order valence-electron chi connectivity index (χ1n) is 5.80. The average molecular weight is 202 g/mol. The summed E-state index contributed by atoms with van der Waals surface area (Å²) in [5, 5.41) is 0. The molecule has 0 heteroatoms. The fourth-order valence-electron chi connectivity index (χ4n) is 1.66. The molecule has 0 radical (unpaired) electrons. The maximum atomic E-state index is 4.07. The second kappa shape index (κ2) is 5.75. The van der Waals surface area contributed by atoms with Crippen LogP contribution in [0.2, 0.25) is 0 Å². The predicted octanol–water partition coefficient (Wildman–Crippen LogP) is 4.67. The maximum Gasteiger partial charge on any atom is -0.00240 e. The quantitative estimate of drug-likeness (QED) is 0.579. The van der Waals surface area contributed by atoms with Crippen LogP contribution in [0, 0.1) is 11.8 Å². The van der Waals surface area contributed by atoms with E-state index < -0.39 is 0 Å². The summed E-state index contributed by atoms with van der Waals surface area (Å²) in [6.07, 6.45) is 13.5. The first-order chi connectivity index (χ1) is 7.09. The Kier molecular flexibility index (Phi) is 4.61. The van der Waals surface area contributed by atoms with E-state index in [1.54, 1.807) is 0 Å². The molecule has 0 fully saturated rings. The minimum atomic E-state index is 0.531. The number of rotatable bonds is 1. The molecule has 0 N–H and O–H groups in total. The van der Waals surface area contributed by atoms with Gasteiger partial charge in [-0.2, -0.15) is 0 Å². The van der Waals surface area contributed by atoms with Gasteiger partial charge in [-0.15, -0.1) is 0 Å². The van der Waals surface area contributed by atoms with E-state index in [1.807, 2.05) is 0 Å². The predicted molar refractivity (Wildman–Crippen MR) is 68.7 cm³/mol. The lowest BCUT2D eigenvalue weighted by atomic mass is 9.92. The number of hydrogen-bond acceptors (Lipinski definition) is 0. The van der Waals surface area contributed by atoms with Gasteiger partial charge in [-0.05, 0) is 31.6 Å². The summed E-state index contributed by atoms with van der Waals surface area (Å²) in [6.45, 7) is 10.7. The van der Waals surface area contributed by atoms with Crippen LogP contribution in [0.15, 0.2) is 48.1 Å². The van der Waals surface area contributed by atoms with Crippen LogP contribution in [0.25, 0.3) is 0 Å². The summed E-state index contributed by atoms with van der Waals surface area (Å²) in [5.41, 5.74) is 2.60. The third-order valence-corrected chi connectivity index (χ3v) is 2.84. The van der Waals surface area contributed by atoms with Gasteiger partial charge in [0.25, 0.3) is 0 Å². The van der Waals surface area contributed by atoms with Gasteiger partial charge in [0, 0.05) is 0 Å². The monoisotopic (exact) mass is 202 g/mol. The second-order valence-corrected chi connectivity index (χ2v) is 4.68. The van der Waals surface area contributed by atoms with Crippen molar-refractivity contribution in [3.8, 4) is 0 Å². The molecule has 0 nitrogen and oxygen atoms in total. The molecular weight excluding hydrogens is 180 g/mol. The second-order valence-electron chi connectivity index (χ2n) is 4.68. The zero-order valence-corrected chi connectivity index (χ0v) is 10.2. The van der Waals surface area contributed by atoms with Crippen molar-refractivity contribution in [1.29, 1.82) is 0 Å². The molecule has 0 saturated carbocycles. The molecule has 0 heterocycles. The highest BCUT2D eigenvalue weighted by atomic mass is 14.1. The Labute approximate surface area is 94.1 Å². The Morgan fingerprint density at radius 2 is 1.93 bits per heavy atom. The summed E-state index contributed by atoms with van der Waals surface area (Å²) in [6, 6.07) is 0. The summed E-state index contributed by atoms with van der Waals surface area (Å²) < 4.78 is 0. The lowest BCUT2D eigenvalue weighted by Crippen LogP contribution is -2.02. The smallest absolute Gasteiger partial charge is 0.00240 e. The zero-order valence-electron chi connectivity index (χ0n) is 10.2. The molecule has 82 valence electrons. The van der Waals surface area contributed by atoms with Crippen molar-refractivity contribution in [2.45, 2.75) is 33.6 Å². The molecule has 0 amide bonds. The summed E-state index contributed by atoms with van der Waals surface area (Å²) >= 11 is 0. The molecule has 1 unspecified atom stereocenters. The lowest BCUT2D eigenvalue weighted by Gasteiger charge is -2.13. The van der Waals surface area contributed by atoms with Crippen molar-refractivity contribution in [2.24, 2.45) is 11.8 Å². The Bertz CT molecular complexity index is 300. The highest BCUT2D eigenvalue weighted by Crippen LogP contribution is 2.19. The fraction of sp³-hybridized carbons (Fsp3) is 0.467. The van der Waals surface area contributed by atoms with Gasteiger partial charge in [0.2, 0.25) is 0 Å². The van der Waals surface area contributed by atoms with Gasteiger partial charge in [0.15, 0.2) is 0 Å². The van der Waals surface area contributed by atoms with Crippen LogP contribution in [0.5, 0.6) is 0 Å². The molecule has 0 saturated heterocycles. The standard InChI is InChI=1S/C15H22/c1-12(2)15-10-8-13(3)6-5-7-14(4)9-11-15/h7-12,15H,3,5-6H2,1-2,4H3. The van der Waals surface area contributed by atoms with Crippen LogP contribution in [-0.2, 0) is 0 Å². The first-order valence-corrected chi connectivity index (χ1v) is 5.80. The Morgan fingerprint density at radius 3 is 2.60 bits per heavy atom. The first kappa shape index (κ1) is 12.0. The Morgan fingerprint density at radius 1 is 1.27 bits per heavy atom. The Hall–Kier alpha value is -1.04. The van der Waals surface area contributed by atoms with E-state index in [2.05, 4.69) is 57.7 Å². The van der Waals surface area contributed by atoms with E-state index >= 15 is 0 Å². The van der Waals surface area contributed by atoms with E-state index in [1.165, 1.54) is 11.1 Å². The van der Waals surface area contributed by atoms with Crippen molar-refractivity contribution in [3.63, 3.8) is 0 Å². The molecule has 1 aliphatic rings. The van der Waals surface area contributed by atoms with Gasteiger partial charge in [-0.3, -0.25) is 0 Å². The van der Waals surface area contributed by atoms with Crippen molar-refractivity contribution in [2.75, 3.05) is 0 Å². The molecule has 1 rings (SSSR count). The number of hydrogen-bond donors (Lipinski definition) is 0. The van der Waals surface area contributed by atoms with Crippen molar-refractivity contribution < 1.29 is 0 Å². The Balaban J connectivity index is 2.87. The molecule has 0 bridgehead atoms. The number of allylic oxidation sites excluding steroid dienone is 7. The van der Waals surface area contributed by atoms with Crippen molar-refractivity contribution in [1.82, 2.24) is 0 Å². The lowest BCUT2D eigenvalue weighted by molar-refractivity contribution is 0.549. The average Bonchev–Trinajstić information content (AvgIpc) is 2.16. The molecule has 0 aromatic rings. The van der Waals surface area contributed by atoms with Crippen LogP contribution in [-0.4, -0.2) is 0 Å². The van der Waals surface area contributed by atoms with Gasteiger partial charge in [0.05, 0.1) is 0 Å². The van der Waals surface area contributed by atoms with Crippen molar-refractivity contribution >= 4 is 0 Å². The van der Waals surface area contributed by atoms with Crippen LogP contribution in [0.4, 0.5) is 0 Å². The highest BCUT2D eigenvalue weighted by Gasteiger charge is 2.06. The van der Waals surface area contributed by atoms with Gasteiger partial charge in [-0.1, -0.05) is 62.0 Å². The minimum absolute atomic E-state index is 0.531. The molecular formula is C15H22. The van der Waals surface area contributed by atoms with Crippen LogP contribution < -0.4 is 0 Å². The van der Waals surface area contributed by atoms with Crippen LogP contribution in [0.1, 0.15) is 33.6 Å². The van der Waals surface area contributed by atoms with E-state index in [4.69, 9.17) is 0 Å². The van der Waals surface area contributed by atoms with Crippen LogP contribution in [0.3, 0.4) is 0 Å². The third-order valence-electron chi connectivity index (χ3n) is 2.84. The largest absolute Gasteiger partial charge is 0.0958 e. The van der Waals surface area contributed by atoms with E-state index in [-0.39, 0.29) is 0 Å². The molecule has 1 aliphatic carbocycles. The van der Waals surface area contributed by atoms with Crippen molar-refractivity contribution in [3.05, 3.63) is 48.1 Å². The van der Waals surface area contributed by atoms with Gasteiger partial charge in [0.1, 0.15) is 0 Å². The topological polar surface area (TPSA) is 0 Å². The van der Waals surface area contributed by atoms with Gasteiger partial charge in [-0.25, -0.2) is 0 Å². The SMILES string of the molecule is C=C1C=CC(C(C)C)C=CC(C)=CCC1. The van der Waals surface area contributed by atoms with Crippen LogP contribution >= 0.6 is 0 Å². The van der Waals surface area contributed by atoms with E-state index in [0.29, 0.717) is 11.8 Å². The fourth-order valence-corrected chi connectivity index (χ4v) is 1.66.